The van der Waals surface area contributed by atoms with Crippen LogP contribution in [0.4, 0.5) is 0 Å². The Morgan fingerprint density at radius 1 is 0.882 bits per heavy atom. The largest absolute Gasteiger partial charge is 0.507 e. The Bertz CT molecular complexity index is 1330. The number of aliphatic carboxylic acids is 1. The van der Waals surface area contributed by atoms with Gasteiger partial charge < -0.3 is 54.7 Å². The molecule has 2 heterocycles. The van der Waals surface area contributed by atoms with E-state index in [4.69, 9.17) is 19.0 Å². The lowest BCUT2D eigenvalue weighted by Gasteiger charge is -2.38. The SMILES string of the molecule is O=C(O)[C@H]1O[C@@H](Oc2cc(O)c3c(=O)c(O)c(-c4ccc(O)c(O)c4)oc3c2)[C@@H](O)[C@H](O)[C@@H]1O. The Hall–Kier alpha value is -4.04. The number of fused-ring (bicyclic) bond motifs is 1. The van der Waals surface area contributed by atoms with E-state index in [2.05, 4.69) is 0 Å². The van der Waals surface area contributed by atoms with Gasteiger partial charge in [-0.05, 0) is 18.2 Å². The van der Waals surface area contributed by atoms with Gasteiger partial charge in [0.1, 0.15) is 40.8 Å². The average molecular weight is 478 g/mol. The highest BCUT2D eigenvalue weighted by molar-refractivity contribution is 5.88. The number of hydrogen-bond acceptors (Lipinski definition) is 12. The fourth-order valence-corrected chi connectivity index (χ4v) is 3.48. The first kappa shape index (κ1) is 23.1. The van der Waals surface area contributed by atoms with Crippen molar-refractivity contribution >= 4 is 16.9 Å². The molecule has 34 heavy (non-hydrogen) atoms. The summed E-state index contributed by atoms with van der Waals surface area (Å²) in [7, 11) is 0. The van der Waals surface area contributed by atoms with Gasteiger partial charge in [-0.1, -0.05) is 0 Å². The average Bonchev–Trinajstić information content (AvgIpc) is 2.78. The molecular formula is C21H18O13. The molecule has 3 aromatic rings. The number of aliphatic hydroxyl groups excluding tert-OH is 3. The molecule has 13 heteroatoms. The van der Waals surface area contributed by atoms with Crippen molar-refractivity contribution in [3.05, 3.63) is 40.6 Å². The lowest BCUT2D eigenvalue weighted by molar-refractivity contribution is -0.271. The quantitative estimate of drug-likeness (QED) is 0.223. The van der Waals surface area contributed by atoms with Gasteiger partial charge in [-0.3, -0.25) is 4.79 Å². The van der Waals surface area contributed by atoms with E-state index in [0.717, 1.165) is 24.3 Å². The van der Waals surface area contributed by atoms with Crippen LogP contribution in [0.25, 0.3) is 22.3 Å². The lowest BCUT2D eigenvalue weighted by atomic mass is 9.99. The summed E-state index contributed by atoms with van der Waals surface area (Å²) in [5.74, 6) is -4.96. The Morgan fingerprint density at radius 3 is 2.24 bits per heavy atom. The summed E-state index contributed by atoms with van der Waals surface area (Å²) >= 11 is 0. The maximum absolute atomic E-state index is 12.6. The summed E-state index contributed by atoms with van der Waals surface area (Å²) in [6.45, 7) is 0. The second-order valence-electron chi connectivity index (χ2n) is 7.48. The molecule has 4 rings (SSSR count). The number of carboxylic acids is 1. The van der Waals surface area contributed by atoms with E-state index >= 15 is 0 Å². The van der Waals surface area contributed by atoms with Crippen LogP contribution in [-0.4, -0.2) is 77.5 Å². The summed E-state index contributed by atoms with van der Waals surface area (Å²) < 4.78 is 15.9. The second kappa shape index (κ2) is 8.39. The summed E-state index contributed by atoms with van der Waals surface area (Å²) in [5, 5.41) is 78.2. The number of carbonyl (C=O) groups is 1. The van der Waals surface area contributed by atoms with Crippen molar-refractivity contribution in [3.63, 3.8) is 0 Å². The van der Waals surface area contributed by atoms with Crippen LogP contribution in [-0.2, 0) is 9.53 Å². The first-order chi connectivity index (χ1) is 16.0. The molecule has 0 saturated carbocycles. The number of phenols is 3. The third-order valence-corrected chi connectivity index (χ3v) is 5.23. The first-order valence-corrected chi connectivity index (χ1v) is 9.64. The number of ether oxygens (including phenoxy) is 2. The highest BCUT2D eigenvalue weighted by Gasteiger charge is 2.48. The fourth-order valence-electron chi connectivity index (χ4n) is 3.48. The van der Waals surface area contributed by atoms with Crippen molar-refractivity contribution in [1.29, 1.82) is 0 Å². The minimum absolute atomic E-state index is 0.00468. The summed E-state index contributed by atoms with van der Waals surface area (Å²) in [4.78, 5) is 23.9. The number of phenolic OH excluding ortho intramolecular Hbond substituents is 3. The molecule has 0 unspecified atom stereocenters. The van der Waals surface area contributed by atoms with Crippen molar-refractivity contribution in [2.24, 2.45) is 0 Å². The Kier molecular flexibility index (Phi) is 5.70. The number of aliphatic hydroxyl groups is 3. The zero-order chi connectivity index (χ0) is 24.9. The van der Waals surface area contributed by atoms with E-state index < -0.39 is 76.2 Å². The molecule has 5 atom stereocenters. The molecule has 180 valence electrons. The molecule has 1 aliphatic rings. The molecule has 0 spiro atoms. The first-order valence-electron chi connectivity index (χ1n) is 9.64. The van der Waals surface area contributed by atoms with Crippen LogP contribution in [0.2, 0.25) is 0 Å². The highest BCUT2D eigenvalue weighted by atomic mass is 16.7. The van der Waals surface area contributed by atoms with Crippen molar-refractivity contribution in [2.75, 3.05) is 0 Å². The molecular weight excluding hydrogens is 460 g/mol. The summed E-state index contributed by atoms with van der Waals surface area (Å²) in [6.07, 6.45) is -9.49. The monoisotopic (exact) mass is 478 g/mol. The topological polar surface area (TPSA) is 228 Å². The summed E-state index contributed by atoms with van der Waals surface area (Å²) in [6, 6.07) is 5.30. The van der Waals surface area contributed by atoms with Crippen molar-refractivity contribution in [2.45, 2.75) is 30.7 Å². The van der Waals surface area contributed by atoms with Crippen molar-refractivity contribution < 1.29 is 59.5 Å². The zero-order valence-electron chi connectivity index (χ0n) is 16.9. The van der Waals surface area contributed by atoms with Crippen molar-refractivity contribution in [1.82, 2.24) is 0 Å². The van der Waals surface area contributed by atoms with E-state index in [9.17, 15) is 45.3 Å². The van der Waals surface area contributed by atoms with Gasteiger partial charge in [0.05, 0.1) is 0 Å². The van der Waals surface area contributed by atoms with Crippen LogP contribution >= 0.6 is 0 Å². The molecule has 1 aliphatic heterocycles. The van der Waals surface area contributed by atoms with Crippen LogP contribution in [0.15, 0.2) is 39.5 Å². The third kappa shape index (κ3) is 3.82. The van der Waals surface area contributed by atoms with Crippen LogP contribution in [0.5, 0.6) is 28.7 Å². The van der Waals surface area contributed by atoms with Crippen LogP contribution in [0.1, 0.15) is 0 Å². The van der Waals surface area contributed by atoms with Crippen LogP contribution in [0, 0.1) is 0 Å². The normalized spacial score (nSPS) is 24.7. The Labute approximate surface area is 188 Å². The van der Waals surface area contributed by atoms with Gasteiger partial charge in [-0.15, -0.1) is 0 Å². The van der Waals surface area contributed by atoms with E-state index in [1.807, 2.05) is 0 Å². The van der Waals surface area contributed by atoms with E-state index in [1.165, 1.54) is 6.07 Å². The molecule has 0 amide bonds. The second-order valence-corrected chi connectivity index (χ2v) is 7.48. The van der Waals surface area contributed by atoms with Gasteiger partial charge in [0.15, 0.2) is 23.4 Å². The van der Waals surface area contributed by atoms with Crippen LogP contribution < -0.4 is 10.2 Å². The van der Waals surface area contributed by atoms with Gasteiger partial charge >= 0.3 is 5.97 Å². The Balaban J connectivity index is 1.77. The Morgan fingerprint density at radius 2 is 1.59 bits per heavy atom. The van der Waals surface area contributed by atoms with Crippen molar-refractivity contribution in [3.8, 4) is 40.1 Å². The molecule has 1 aromatic heterocycles. The van der Waals surface area contributed by atoms with Gasteiger partial charge in [-0.25, -0.2) is 4.79 Å². The molecule has 0 aliphatic carbocycles. The van der Waals surface area contributed by atoms with E-state index in [0.29, 0.717) is 0 Å². The predicted octanol–water partition coefficient (Wildman–Crippen LogP) is -0.447. The highest BCUT2D eigenvalue weighted by Crippen LogP contribution is 2.38. The predicted molar refractivity (Wildman–Crippen MR) is 110 cm³/mol. The fraction of sp³-hybridized carbons (Fsp3) is 0.238. The summed E-state index contributed by atoms with van der Waals surface area (Å²) in [5.41, 5.74) is -1.35. The molecule has 0 bridgehead atoms. The molecule has 1 saturated heterocycles. The van der Waals surface area contributed by atoms with Gasteiger partial charge in [0.2, 0.25) is 17.5 Å². The minimum atomic E-state index is -1.94. The van der Waals surface area contributed by atoms with Crippen LogP contribution in [0.3, 0.4) is 0 Å². The number of hydrogen-bond donors (Lipinski definition) is 8. The van der Waals surface area contributed by atoms with E-state index in [-0.39, 0.29) is 16.9 Å². The number of carboxylic acid groups (broad SMARTS) is 1. The van der Waals surface area contributed by atoms with Gasteiger partial charge in [0.25, 0.3) is 0 Å². The smallest absolute Gasteiger partial charge is 0.335 e. The zero-order valence-corrected chi connectivity index (χ0v) is 16.9. The molecule has 0 radical (unpaired) electrons. The standard InChI is InChI=1S/C21H18O13/c22-8-2-1-6(3-9(8)23)18-15(27)13(25)12-10(24)4-7(5-11(12)33-18)32-21-17(29)14(26)16(28)19(34-21)20(30)31/h1-5,14,16-17,19,21-24,26-29H,(H,30,31)/t14-,16+,17+,19+,21-/m1/s1. The third-order valence-electron chi connectivity index (χ3n) is 5.23. The maximum atomic E-state index is 12.6. The molecule has 13 nitrogen and oxygen atoms in total. The maximum Gasteiger partial charge on any atom is 0.335 e. The minimum Gasteiger partial charge on any atom is -0.507 e. The number of rotatable bonds is 4. The van der Waals surface area contributed by atoms with E-state index in [1.54, 1.807) is 0 Å². The molecule has 2 aromatic carbocycles. The number of benzene rings is 2. The van der Waals surface area contributed by atoms with Gasteiger partial charge in [0, 0.05) is 17.7 Å². The molecule has 8 N–H and O–H groups in total. The van der Waals surface area contributed by atoms with Gasteiger partial charge in [-0.2, -0.15) is 0 Å². The lowest BCUT2D eigenvalue weighted by Crippen LogP contribution is -2.61. The molecule has 1 fully saturated rings. The number of aromatic hydroxyl groups is 4.